The van der Waals surface area contributed by atoms with Crippen molar-refractivity contribution in [3.63, 3.8) is 0 Å². The fraction of sp³-hybridized carbons (Fsp3) is 0.0800. The van der Waals surface area contributed by atoms with Gasteiger partial charge in [-0.3, -0.25) is 30.6 Å². The summed E-state index contributed by atoms with van der Waals surface area (Å²) in [4.78, 5) is 72.8. The minimum absolute atomic E-state index is 0.107. The first-order valence-electron chi connectivity index (χ1n) is 11.0. The Kier molecular flexibility index (Phi) is 9.73. The number of rotatable bonds is 9. The number of hydrazine groups is 1. The molecule has 15 heteroatoms. The van der Waals surface area contributed by atoms with E-state index in [-0.39, 0.29) is 32.4 Å². The fourth-order valence-corrected chi connectivity index (χ4v) is 3.28. The number of nitrogens with zero attached hydrogens (tertiary/aromatic N) is 1. The molecule has 0 saturated heterocycles. The average molecular weight is 590 g/mol. The van der Waals surface area contributed by atoms with Crippen LogP contribution in [0, 0.1) is 10.1 Å². The van der Waals surface area contributed by atoms with E-state index in [0.29, 0.717) is 0 Å². The monoisotopic (exact) mass is 589 g/mol. The van der Waals surface area contributed by atoms with E-state index < -0.39 is 46.9 Å². The molecule has 0 aliphatic heterocycles. The van der Waals surface area contributed by atoms with Crippen molar-refractivity contribution in [2.75, 3.05) is 0 Å². The zero-order valence-electron chi connectivity index (χ0n) is 19.9. The molecule has 2 amide bonds. The van der Waals surface area contributed by atoms with Gasteiger partial charge in [-0.05, 0) is 60.7 Å². The highest BCUT2D eigenvalue weighted by atomic mass is 35.5. The van der Waals surface area contributed by atoms with Crippen LogP contribution < -0.4 is 10.9 Å². The zero-order chi connectivity index (χ0) is 29.4. The number of nitro benzene ring substituents is 1. The number of halogens is 2. The van der Waals surface area contributed by atoms with E-state index in [9.17, 15) is 39.2 Å². The molecule has 0 aliphatic carbocycles. The molecule has 3 rings (SSSR count). The first kappa shape index (κ1) is 29.5. The van der Waals surface area contributed by atoms with Crippen LogP contribution >= 0.6 is 23.2 Å². The van der Waals surface area contributed by atoms with Crippen molar-refractivity contribution in [3.8, 4) is 0 Å². The van der Waals surface area contributed by atoms with Gasteiger partial charge in [0.25, 0.3) is 17.5 Å². The Morgan fingerprint density at radius 1 is 0.700 bits per heavy atom. The topological polar surface area (TPSA) is 191 Å². The number of ether oxygens (including phenoxy) is 2. The summed E-state index contributed by atoms with van der Waals surface area (Å²) in [5, 5.41) is 21.1. The summed E-state index contributed by atoms with van der Waals surface area (Å²) in [7, 11) is 0. The minimum Gasteiger partial charge on any atom is -0.478 e. The van der Waals surface area contributed by atoms with Crippen LogP contribution in [0.15, 0.2) is 72.8 Å². The second-order valence-electron chi connectivity index (χ2n) is 7.75. The second kappa shape index (κ2) is 13.2. The molecule has 3 N–H and O–H groups in total. The number of carboxylic acid groups (broad SMARTS) is 1. The van der Waals surface area contributed by atoms with Crippen LogP contribution in [-0.2, 0) is 19.1 Å². The van der Waals surface area contributed by atoms with Crippen LogP contribution in [0.25, 0.3) is 0 Å². The molecule has 0 aliphatic rings. The van der Waals surface area contributed by atoms with Gasteiger partial charge in [0.05, 0.1) is 16.1 Å². The number of non-ortho nitro benzene ring substituents is 1. The molecule has 0 aromatic heterocycles. The minimum atomic E-state index is -2.37. The second-order valence-corrected chi connectivity index (χ2v) is 8.62. The SMILES string of the molecule is O=C(NNC(=O)[C@H](OC(=O)c1ccc(Cl)cc1)[C@H](OC(=O)c1ccc(Cl)cc1)C(=O)O)c1ccc([N+](=O)[O-])cc1. The third-order valence-corrected chi connectivity index (χ3v) is 5.55. The average Bonchev–Trinajstić information content (AvgIpc) is 2.93. The maximum atomic E-state index is 13.0. The quantitative estimate of drug-likeness (QED) is 0.189. The van der Waals surface area contributed by atoms with E-state index in [1.807, 2.05) is 10.9 Å². The Morgan fingerprint density at radius 3 is 1.55 bits per heavy atom. The lowest BCUT2D eigenvalue weighted by Crippen LogP contribution is -2.54. The number of nitro groups is 1. The van der Waals surface area contributed by atoms with Gasteiger partial charge < -0.3 is 14.6 Å². The highest BCUT2D eigenvalue weighted by Gasteiger charge is 2.41. The highest BCUT2D eigenvalue weighted by Crippen LogP contribution is 2.17. The molecule has 40 heavy (non-hydrogen) atoms. The standard InChI is InChI=1S/C25H17Cl2N3O10/c26-16-7-1-14(2-8-16)24(35)39-19(20(23(33)34)40-25(36)15-3-9-17(27)10-4-15)22(32)29-28-21(31)13-5-11-18(12-6-13)30(37)38/h1-12,19-20H,(H,28,31)(H,29,32)(H,33,34)/t19-,20+/m1/s1. The maximum Gasteiger partial charge on any atom is 0.349 e. The Labute approximate surface area is 234 Å². The number of carboxylic acids is 1. The van der Waals surface area contributed by atoms with Gasteiger partial charge in [0, 0.05) is 27.7 Å². The number of benzene rings is 3. The Balaban J connectivity index is 1.83. The first-order chi connectivity index (χ1) is 19.0. The number of carbonyl (C=O) groups excluding carboxylic acids is 4. The zero-order valence-corrected chi connectivity index (χ0v) is 21.4. The van der Waals surface area contributed by atoms with Gasteiger partial charge in [-0.2, -0.15) is 0 Å². The summed E-state index contributed by atoms with van der Waals surface area (Å²) >= 11 is 11.6. The van der Waals surface area contributed by atoms with Crippen molar-refractivity contribution in [1.82, 2.24) is 10.9 Å². The van der Waals surface area contributed by atoms with E-state index in [1.54, 1.807) is 0 Å². The third kappa shape index (κ3) is 7.75. The van der Waals surface area contributed by atoms with Crippen molar-refractivity contribution in [2.24, 2.45) is 0 Å². The van der Waals surface area contributed by atoms with Crippen molar-refractivity contribution in [3.05, 3.63) is 110 Å². The van der Waals surface area contributed by atoms with Gasteiger partial charge in [0.1, 0.15) is 0 Å². The van der Waals surface area contributed by atoms with Crippen LogP contribution in [0.3, 0.4) is 0 Å². The molecule has 13 nitrogen and oxygen atoms in total. The predicted molar refractivity (Wildman–Crippen MR) is 138 cm³/mol. The number of amides is 2. The third-order valence-electron chi connectivity index (χ3n) is 5.04. The highest BCUT2D eigenvalue weighted by molar-refractivity contribution is 6.31. The van der Waals surface area contributed by atoms with Gasteiger partial charge >= 0.3 is 17.9 Å². The van der Waals surface area contributed by atoms with Gasteiger partial charge in [0.15, 0.2) is 0 Å². The summed E-state index contributed by atoms with van der Waals surface area (Å²) in [6, 6.07) is 14.6. The molecular formula is C25H17Cl2N3O10. The lowest BCUT2D eigenvalue weighted by molar-refractivity contribution is -0.384. The predicted octanol–water partition coefficient (Wildman–Crippen LogP) is 3.20. The number of aliphatic carboxylic acids is 1. The Morgan fingerprint density at radius 2 is 1.12 bits per heavy atom. The summed E-state index contributed by atoms with van der Waals surface area (Å²) in [6.07, 6.45) is -4.66. The van der Waals surface area contributed by atoms with Crippen LogP contribution in [0.2, 0.25) is 10.0 Å². The lowest BCUT2D eigenvalue weighted by Gasteiger charge is -2.23. The number of hydrogen-bond donors (Lipinski definition) is 3. The molecule has 0 heterocycles. The van der Waals surface area contributed by atoms with Crippen molar-refractivity contribution in [1.29, 1.82) is 0 Å². The van der Waals surface area contributed by atoms with Crippen molar-refractivity contribution >= 4 is 58.6 Å². The smallest absolute Gasteiger partial charge is 0.349 e. The van der Waals surface area contributed by atoms with Gasteiger partial charge in [0.2, 0.25) is 12.2 Å². The summed E-state index contributed by atoms with van der Waals surface area (Å²) in [5.74, 6) is -6.54. The van der Waals surface area contributed by atoms with Crippen LogP contribution in [0.5, 0.6) is 0 Å². The van der Waals surface area contributed by atoms with E-state index in [0.717, 1.165) is 24.3 Å². The molecule has 0 spiro atoms. The molecule has 0 fully saturated rings. The molecule has 206 valence electrons. The van der Waals surface area contributed by atoms with Crippen molar-refractivity contribution in [2.45, 2.75) is 12.2 Å². The summed E-state index contributed by atoms with van der Waals surface area (Å²) in [6.45, 7) is 0. The molecule has 0 saturated carbocycles. The van der Waals surface area contributed by atoms with E-state index in [4.69, 9.17) is 32.7 Å². The molecule has 0 radical (unpaired) electrons. The number of carbonyl (C=O) groups is 5. The number of esters is 2. The number of hydrogen-bond acceptors (Lipinski definition) is 9. The normalized spacial score (nSPS) is 11.8. The van der Waals surface area contributed by atoms with Crippen molar-refractivity contribution < 1.29 is 43.5 Å². The van der Waals surface area contributed by atoms with Crippen LogP contribution in [-0.4, -0.2) is 52.0 Å². The lowest BCUT2D eigenvalue weighted by atomic mass is 10.1. The summed E-state index contributed by atoms with van der Waals surface area (Å²) < 4.78 is 10.1. The van der Waals surface area contributed by atoms with E-state index in [2.05, 4.69) is 0 Å². The molecule has 0 unspecified atom stereocenters. The molecule has 3 aromatic rings. The number of nitrogens with one attached hydrogen (secondary N) is 2. The van der Waals surface area contributed by atoms with Crippen LogP contribution in [0.4, 0.5) is 5.69 Å². The van der Waals surface area contributed by atoms with Crippen LogP contribution in [0.1, 0.15) is 31.1 Å². The Hall–Kier alpha value is -5.01. The van der Waals surface area contributed by atoms with E-state index >= 15 is 0 Å². The molecule has 0 bridgehead atoms. The van der Waals surface area contributed by atoms with Gasteiger partial charge in [-0.25, -0.2) is 14.4 Å². The fourth-order valence-electron chi connectivity index (χ4n) is 3.03. The largest absolute Gasteiger partial charge is 0.478 e. The molecular weight excluding hydrogens is 573 g/mol. The van der Waals surface area contributed by atoms with Gasteiger partial charge in [-0.15, -0.1) is 0 Å². The first-order valence-corrected chi connectivity index (χ1v) is 11.7. The van der Waals surface area contributed by atoms with E-state index in [1.165, 1.54) is 48.5 Å². The maximum absolute atomic E-state index is 13.0. The van der Waals surface area contributed by atoms with Gasteiger partial charge in [-0.1, -0.05) is 23.2 Å². The summed E-state index contributed by atoms with van der Waals surface area (Å²) in [5.41, 5.74) is 3.23. The Bertz CT molecular complexity index is 1450. The molecule has 3 aromatic carbocycles. The molecule has 2 atom stereocenters.